The Kier molecular flexibility index (Phi) is 5.27. The molecule has 0 unspecified atom stereocenters. The molecule has 5 heteroatoms. The molecular formula is C19H15FO4. The van der Waals surface area contributed by atoms with Gasteiger partial charge in [0, 0.05) is 11.6 Å². The van der Waals surface area contributed by atoms with Gasteiger partial charge in [-0.3, -0.25) is 0 Å². The number of ether oxygens (including phenoxy) is 2. The largest absolute Gasteiger partial charge is 0.423 e. The summed E-state index contributed by atoms with van der Waals surface area (Å²) in [5.41, 5.74) is 1.48. The molecule has 0 aliphatic carbocycles. The molecule has 0 heterocycles. The van der Waals surface area contributed by atoms with E-state index in [1.165, 1.54) is 19.1 Å². The van der Waals surface area contributed by atoms with E-state index in [1.54, 1.807) is 30.3 Å². The Morgan fingerprint density at radius 1 is 1.04 bits per heavy atom. The summed E-state index contributed by atoms with van der Waals surface area (Å²) in [6.45, 7) is 8.24. The first-order chi connectivity index (χ1) is 11.4. The fraction of sp³-hybridized carbons (Fsp3) is 0.0526. The van der Waals surface area contributed by atoms with Gasteiger partial charge in [-0.15, -0.1) is 0 Å². The summed E-state index contributed by atoms with van der Waals surface area (Å²) < 4.78 is 23.9. The molecule has 4 nitrogen and oxygen atoms in total. The number of hydrogen-bond donors (Lipinski definition) is 0. The summed E-state index contributed by atoms with van der Waals surface area (Å²) in [6, 6.07) is 10.8. The third kappa shape index (κ3) is 4.16. The lowest BCUT2D eigenvalue weighted by atomic mass is 10.1. The Morgan fingerprint density at radius 3 is 2.21 bits per heavy atom. The van der Waals surface area contributed by atoms with Gasteiger partial charge in [0.2, 0.25) is 0 Å². The van der Waals surface area contributed by atoms with Crippen LogP contribution in [-0.4, -0.2) is 11.9 Å². The first-order valence-electron chi connectivity index (χ1n) is 7.02. The maximum absolute atomic E-state index is 14.1. The minimum atomic E-state index is -0.685. The summed E-state index contributed by atoms with van der Waals surface area (Å²) in [5, 5.41) is 0. The van der Waals surface area contributed by atoms with Gasteiger partial charge in [0.1, 0.15) is 5.75 Å². The fourth-order valence-corrected chi connectivity index (χ4v) is 1.82. The number of benzene rings is 2. The lowest BCUT2D eigenvalue weighted by Gasteiger charge is -2.08. The van der Waals surface area contributed by atoms with Crippen LogP contribution >= 0.6 is 0 Å². The van der Waals surface area contributed by atoms with E-state index in [1.807, 2.05) is 0 Å². The van der Waals surface area contributed by atoms with E-state index >= 15 is 0 Å². The van der Waals surface area contributed by atoms with E-state index < -0.39 is 17.8 Å². The molecule has 0 radical (unpaired) electrons. The van der Waals surface area contributed by atoms with Gasteiger partial charge in [-0.1, -0.05) is 31.4 Å². The SMILES string of the molecule is C=CC(=O)Oc1ccc(-c2ccc(OC(=O)C(=C)C)c(F)c2)cc1. The Labute approximate surface area is 138 Å². The van der Waals surface area contributed by atoms with Crippen LogP contribution in [0, 0.1) is 5.82 Å². The minimum absolute atomic E-state index is 0.164. The molecule has 0 aliphatic rings. The van der Waals surface area contributed by atoms with Gasteiger partial charge < -0.3 is 9.47 Å². The zero-order valence-electron chi connectivity index (χ0n) is 13.0. The molecule has 0 aromatic heterocycles. The van der Waals surface area contributed by atoms with E-state index in [0.29, 0.717) is 16.9 Å². The van der Waals surface area contributed by atoms with Gasteiger partial charge in [-0.25, -0.2) is 14.0 Å². The van der Waals surface area contributed by atoms with Crippen LogP contribution < -0.4 is 9.47 Å². The minimum Gasteiger partial charge on any atom is -0.423 e. The highest BCUT2D eigenvalue weighted by molar-refractivity contribution is 5.88. The van der Waals surface area contributed by atoms with Crippen LogP contribution in [-0.2, 0) is 9.59 Å². The molecule has 24 heavy (non-hydrogen) atoms. The molecule has 0 aliphatic heterocycles. The molecular weight excluding hydrogens is 311 g/mol. The molecule has 0 spiro atoms. The quantitative estimate of drug-likeness (QED) is 0.472. The van der Waals surface area contributed by atoms with Crippen LogP contribution in [0.25, 0.3) is 11.1 Å². The van der Waals surface area contributed by atoms with E-state index in [0.717, 1.165) is 6.08 Å². The Hall–Kier alpha value is -3.21. The molecule has 0 atom stereocenters. The smallest absolute Gasteiger partial charge is 0.338 e. The van der Waals surface area contributed by atoms with Crippen LogP contribution in [0.15, 0.2) is 67.3 Å². The zero-order chi connectivity index (χ0) is 17.7. The highest BCUT2D eigenvalue weighted by Crippen LogP contribution is 2.27. The number of esters is 2. The maximum atomic E-state index is 14.1. The van der Waals surface area contributed by atoms with E-state index in [9.17, 15) is 14.0 Å². The maximum Gasteiger partial charge on any atom is 0.338 e. The van der Waals surface area contributed by atoms with Crippen molar-refractivity contribution in [2.75, 3.05) is 0 Å². The summed E-state index contributed by atoms with van der Waals surface area (Å²) in [4.78, 5) is 22.5. The van der Waals surface area contributed by atoms with Gasteiger partial charge in [0.25, 0.3) is 0 Å². The number of carbonyl (C=O) groups is 2. The number of carbonyl (C=O) groups excluding carboxylic acids is 2. The average Bonchev–Trinajstić information content (AvgIpc) is 2.57. The van der Waals surface area contributed by atoms with Crippen LogP contribution in [0.3, 0.4) is 0 Å². The number of halogens is 1. The molecule has 2 aromatic carbocycles. The Bertz CT molecular complexity index is 807. The highest BCUT2D eigenvalue weighted by Gasteiger charge is 2.11. The lowest BCUT2D eigenvalue weighted by Crippen LogP contribution is -2.09. The Morgan fingerprint density at radius 2 is 1.67 bits per heavy atom. The van der Waals surface area contributed by atoms with Crippen molar-refractivity contribution in [2.24, 2.45) is 0 Å². The molecule has 0 N–H and O–H groups in total. The van der Waals surface area contributed by atoms with Gasteiger partial charge in [0.05, 0.1) is 0 Å². The Balaban J connectivity index is 2.19. The first kappa shape index (κ1) is 17.1. The van der Waals surface area contributed by atoms with Crippen LogP contribution in [0.1, 0.15) is 6.92 Å². The fourth-order valence-electron chi connectivity index (χ4n) is 1.82. The van der Waals surface area contributed by atoms with Crippen LogP contribution in [0.2, 0.25) is 0 Å². The molecule has 0 bridgehead atoms. The van der Waals surface area contributed by atoms with Crippen LogP contribution in [0.4, 0.5) is 4.39 Å². The number of hydrogen-bond acceptors (Lipinski definition) is 4. The normalized spacial score (nSPS) is 9.92. The summed E-state index contributed by atoms with van der Waals surface area (Å²) in [6.07, 6.45) is 1.06. The van der Waals surface area contributed by atoms with Gasteiger partial charge in [-0.2, -0.15) is 0 Å². The second kappa shape index (κ2) is 7.37. The standard InChI is InChI=1S/C19H15FO4/c1-4-18(21)23-15-8-5-13(6-9-15)14-7-10-17(16(20)11-14)24-19(22)12(2)3/h4-11H,1-2H2,3H3. The molecule has 0 fully saturated rings. The third-order valence-corrected chi connectivity index (χ3v) is 3.06. The molecule has 122 valence electrons. The zero-order valence-corrected chi connectivity index (χ0v) is 13.0. The van der Waals surface area contributed by atoms with Crippen molar-refractivity contribution in [3.8, 4) is 22.6 Å². The van der Waals surface area contributed by atoms with Crippen molar-refractivity contribution in [2.45, 2.75) is 6.92 Å². The second-order valence-corrected chi connectivity index (χ2v) is 4.96. The van der Waals surface area contributed by atoms with Crippen molar-refractivity contribution in [3.05, 3.63) is 73.1 Å². The van der Waals surface area contributed by atoms with Crippen molar-refractivity contribution in [3.63, 3.8) is 0 Å². The summed E-state index contributed by atoms with van der Waals surface area (Å²) in [7, 11) is 0. The second-order valence-electron chi connectivity index (χ2n) is 4.96. The van der Waals surface area contributed by atoms with Crippen molar-refractivity contribution in [1.29, 1.82) is 0 Å². The lowest BCUT2D eigenvalue weighted by molar-refractivity contribution is -0.130. The monoisotopic (exact) mass is 326 g/mol. The first-order valence-corrected chi connectivity index (χ1v) is 7.02. The average molecular weight is 326 g/mol. The third-order valence-electron chi connectivity index (χ3n) is 3.06. The van der Waals surface area contributed by atoms with Gasteiger partial charge in [-0.05, 0) is 42.3 Å². The van der Waals surface area contributed by atoms with Crippen molar-refractivity contribution < 1.29 is 23.5 Å². The van der Waals surface area contributed by atoms with E-state index in [4.69, 9.17) is 9.47 Å². The van der Waals surface area contributed by atoms with Gasteiger partial charge >= 0.3 is 11.9 Å². The highest BCUT2D eigenvalue weighted by atomic mass is 19.1. The molecule has 0 saturated carbocycles. The molecule has 2 aromatic rings. The van der Waals surface area contributed by atoms with Crippen molar-refractivity contribution in [1.82, 2.24) is 0 Å². The molecule has 2 rings (SSSR count). The van der Waals surface area contributed by atoms with Crippen LogP contribution in [0.5, 0.6) is 11.5 Å². The summed E-state index contributed by atoms with van der Waals surface area (Å²) in [5.74, 6) is -1.71. The number of rotatable bonds is 5. The van der Waals surface area contributed by atoms with Gasteiger partial charge in [0.15, 0.2) is 11.6 Å². The van der Waals surface area contributed by atoms with E-state index in [-0.39, 0.29) is 11.3 Å². The van der Waals surface area contributed by atoms with E-state index in [2.05, 4.69) is 13.2 Å². The predicted octanol–water partition coefficient (Wildman–Crippen LogP) is 4.07. The molecule has 0 amide bonds. The molecule has 0 saturated heterocycles. The van der Waals surface area contributed by atoms with Crippen molar-refractivity contribution >= 4 is 11.9 Å². The predicted molar refractivity (Wildman–Crippen MR) is 88.1 cm³/mol. The summed E-state index contributed by atoms with van der Waals surface area (Å²) >= 11 is 0. The topological polar surface area (TPSA) is 52.6 Å².